The van der Waals surface area contributed by atoms with Gasteiger partial charge in [-0.2, -0.15) is 0 Å². The zero-order chi connectivity index (χ0) is 10.3. The predicted octanol–water partition coefficient (Wildman–Crippen LogP) is 1.81. The minimum atomic E-state index is 0.377. The Morgan fingerprint density at radius 2 is 1.71 bits per heavy atom. The Hall–Kier alpha value is -0.0800. The molecule has 2 aliphatic rings. The van der Waals surface area contributed by atoms with Gasteiger partial charge in [0.2, 0.25) is 0 Å². The quantitative estimate of drug-likeness (QED) is 0.631. The highest BCUT2D eigenvalue weighted by atomic mass is 15.3. The number of nitrogens with zero attached hydrogens (tertiary/aromatic N) is 2. The van der Waals surface area contributed by atoms with Crippen LogP contribution in [-0.4, -0.2) is 47.6 Å². The second-order valence-corrected chi connectivity index (χ2v) is 6.12. The average Bonchev–Trinajstić information content (AvgIpc) is 2.28. The molecule has 0 aromatic heterocycles. The molecule has 0 aliphatic carbocycles. The van der Waals surface area contributed by atoms with E-state index in [9.17, 15) is 0 Å². The van der Waals surface area contributed by atoms with Gasteiger partial charge in [0.1, 0.15) is 0 Å². The zero-order valence-electron chi connectivity index (χ0n) is 10.1. The molecule has 2 heteroatoms. The van der Waals surface area contributed by atoms with E-state index in [1.165, 1.54) is 32.6 Å². The summed E-state index contributed by atoms with van der Waals surface area (Å²) < 4.78 is 0. The van der Waals surface area contributed by atoms with Crippen molar-refractivity contribution in [3.8, 4) is 0 Å². The molecule has 2 nitrogen and oxygen atoms in total. The summed E-state index contributed by atoms with van der Waals surface area (Å²) in [6.45, 7) is 14.6. The Morgan fingerprint density at radius 1 is 1.07 bits per heavy atom. The van der Waals surface area contributed by atoms with Gasteiger partial charge >= 0.3 is 0 Å². The van der Waals surface area contributed by atoms with Crippen molar-refractivity contribution in [2.75, 3.05) is 26.2 Å². The Balaban J connectivity index is 1.78. The standard InChI is InChI=1S/C12H24N2/c1-10-5-6-13(7-10)11-8-14(9-11)12(2,3)4/h10-11H,5-9H2,1-4H3/t10-/m0/s1. The molecule has 2 fully saturated rings. The Labute approximate surface area is 88.3 Å². The molecule has 0 radical (unpaired) electrons. The van der Waals surface area contributed by atoms with E-state index in [4.69, 9.17) is 0 Å². The average molecular weight is 196 g/mol. The van der Waals surface area contributed by atoms with E-state index in [1.54, 1.807) is 0 Å². The lowest BCUT2D eigenvalue weighted by Crippen LogP contribution is -2.64. The van der Waals surface area contributed by atoms with Gasteiger partial charge in [-0.3, -0.25) is 9.80 Å². The van der Waals surface area contributed by atoms with Crippen LogP contribution < -0.4 is 0 Å². The van der Waals surface area contributed by atoms with Gasteiger partial charge in [0, 0.05) is 31.2 Å². The van der Waals surface area contributed by atoms with E-state index < -0.39 is 0 Å². The van der Waals surface area contributed by atoms with Gasteiger partial charge in [-0.1, -0.05) is 6.92 Å². The lowest BCUT2D eigenvalue weighted by atomic mass is 9.97. The van der Waals surface area contributed by atoms with Crippen molar-refractivity contribution in [1.82, 2.24) is 9.80 Å². The highest BCUT2D eigenvalue weighted by molar-refractivity contribution is 4.95. The van der Waals surface area contributed by atoms with Crippen LogP contribution in [0.2, 0.25) is 0 Å². The van der Waals surface area contributed by atoms with E-state index >= 15 is 0 Å². The van der Waals surface area contributed by atoms with Crippen molar-refractivity contribution >= 4 is 0 Å². The lowest BCUT2D eigenvalue weighted by molar-refractivity contribution is -0.0146. The molecule has 0 N–H and O–H groups in total. The molecular formula is C12H24N2. The van der Waals surface area contributed by atoms with Crippen molar-refractivity contribution < 1.29 is 0 Å². The van der Waals surface area contributed by atoms with Gasteiger partial charge in [0.15, 0.2) is 0 Å². The largest absolute Gasteiger partial charge is 0.298 e. The third-order valence-electron chi connectivity index (χ3n) is 3.78. The second-order valence-electron chi connectivity index (χ2n) is 6.12. The lowest BCUT2D eigenvalue weighted by Gasteiger charge is -2.50. The molecule has 0 bridgehead atoms. The fourth-order valence-corrected chi connectivity index (χ4v) is 2.53. The molecule has 2 rings (SSSR count). The van der Waals surface area contributed by atoms with Gasteiger partial charge in [0.25, 0.3) is 0 Å². The third-order valence-corrected chi connectivity index (χ3v) is 3.78. The van der Waals surface area contributed by atoms with Crippen LogP contribution in [0.15, 0.2) is 0 Å². The summed E-state index contributed by atoms with van der Waals surface area (Å²) in [6.07, 6.45) is 1.41. The number of likely N-dealkylation sites (tertiary alicyclic amines) is 2. The molecule has 2 saturated heterocycles. The summed E-state index contributed by atoms with van der Waals surface area (Å²) in [5, 5.41) is 0. The molecule has 14 heavy (non-hydrogen) atoms. The number of hydrogen-bond donors (Lipinski definition) is 0. The summed E-state index contributed by atoms with van der Waals surface area (Å²) in [4.78, 5) is 5.27. The first-order valence-corrected chi connectivity index (χ1v) is 5.96. The van der Waals surface area contributed by atoms with Crippen LogP contribution in [0.25, 0.3) is 0 Å². The van der Waals surface area contributed by atoms with Gasteiger partial charge < -0.3 is 0 Å². The summed E-state index contributed by atoms with van der Waals surface area (Å²) in [6, 6.07) is 0.860. The number of rotatable bonds is 1. The molecular weight excluding hydrogens is 172 g/mol. The van der Waals surface area contributed by atoms with Crippen LogP contribution in [0.1, 0.15) is 34.1 Å². The summed E-state index contributed by atoms with van der Waals surface area (Å²) in [5.41, 5.74) is 0.377. The Bertz CT molecular complexity index is 201. The fourth-order valence-electron chi connectivity index (χ4n) is 2.53. The van der Waals surface area contributed by atoms with Crippen molar-refractivity contribution in [1.29, 1.82) is 0 Å². The van der Waals surface area contributed by atoms with Crippen molar-refractivity contribution in [3.05, 3.63) is 0 Å². The molecule has 0 spiro atoms. The highest BCUT2D eigenvalue weighted by Crippen LogP contribution is 2.27. The molecule has 2 aliphatic heterocycles. The van der Waals surface area contributed by atoms with E-state index in [0.29, 0.717) is 5.54 Å². The minimum absolute atomic E-state index is 0.377. The molecule has 0 aromatic carbocycles. The van der Waals surface area contributed by atoms with Crippen molar-refractivity contribution in [3.63, 3.8) is 0 Å². The first kappa shape index (κ1) is 10.4. The second kappa shape index (κ2) is 3.49. The predicted molar refractivity (Wildman–Crippen MR) is 60.5 cm³/mol. The molecule has 82 valence electrons. The van der Waals surface area contributed by atoms with Gasteiger partial charge in [0.05, 0.1) is 0 Å². The summed E-state index contributed by atoms with van der Waals surface area (Å²) in [5.74, 6) is 0.929. The molecule has 0 aromatic rings. The minimum Gasteiger partial charge on any atom is -0.298 e. The van der Waals surface area contributed by atoms with E-state index in [1.807, 2.05) is 0 Å². The zero-order valence-corrected chi connectivity index (χ0v) is 10.1. The van der Waals surface area contributed by atoms with E-state index in [-0.39, 0.29) is 0 Å². The fraction of sp³-hybridized carbons (Fsp3) is 1.00. The maximum atomic E-state index is 2.69. The molecule has 0 saturated carbocycles. The summed E-state index contributed by atoms with van der Waals surface area (Å²) >= 11 is 0. The molecule has 0 unspecified atom stereocenters. The molecule has 2 heterocycles. The van der Waals surface area contributed by atoms with Crippen LogP contribution in [0.3, 0.4) is 0 Å². The monoisotopic (exact) mass is 196 g/mol. The van der Waals surface area contributed by atoms with Gasteiger partial charge in [-0.05, 0) is 39.7 Å². The van der Waals surface area contributed by atoms with E-state index in [0.717, 1.165) is 12.0 Å². The van der Waals surface area contributed by atoms with E-state index in [2.05, 4.69) is 37.5 Å². The van der Waals surface area contributed by atoms with Crippen molar-refractivity contribution in [2.24, 2.45) is 5.92 Å². The van der Waals surface area contributed by atoms with Crippen LogP contribution in [0.4, 0.5) is 0 Å². The third kappa shape index (κ3) is 1.96. The van der Waals surface area contributed by atoms with Crippen LogP contribution in [-0.2, 0) is 0 Å². The Kier molecular flexibility index (Phi) is 2.61. The SMILES string of the molecule is C[C@H]1CCN(C2CN(C(C)(C)C)C2)C1. The van der Waals surface area contributed by atoms with Crippen LogP contribution in [0.5, 0.6) is 0 Å². The number of hydrogen-bond acceptors (Lipinski definition) is 2. The Morgan fingerprint density at radius 3 is 2.14 bits per heavy atom. The summed E-state index contributed by atoms with van der Waals surface area (Å²) in [7, 11) is 0. The van der Waals surface area contributed by atoms with Crippen molar-refractivity contribution in [2.45, 2.75) is 45.7 Å². The van der Waals surface area contributed by atoms with Gasteiger partial charge in [-0.15, -0.1) is 0 Å². The maximum Gasteiger partial charge on any atom is 0.0350 e. The highest BCUT2D eigenvalue weighted by Gasteiger charge is 2.38. The van der Waals surface area contributed by atoms with Crippen LogP contribution in [0, 0.1) is 5.92 Å². The molecule has 0 amide bonds. The topological polar surface area (TPSA) is 6.48 Å². The normalized spacial score (nSPS) is 32.1. The maximum absolute atomic E-state index is 2.69. The van der Waals surface area contributed by atoms with Gasteiger partial charge in [-0.25, -0.2) is 0 Å². The molecule has 1 atom stereocenters. The first-order chi connectivity index (χ1) is 6.47. The smallest absolute Gasteiger partial charge is 0.0350 e. The first-order valence-electron chi connectivity index (χ1n) is 5.96. The van der Waals surface area contributed by atoms with Crippen LogP contribution >= 0.6 is 0 Å².